The Morgan fingerprint density at radius 1 is 1.35 bits per heavy atom. The van der Waals surface area contributed by atoms with Crippen LogP contribution in [0.2, 0.25) is 0 Å². The molecular formula is C13H21N3O4. The van der Waals surface area contributed by atoms with Crippen molar-refractivity contribution in [1.82, 2.24) is 15.8 Å². The Bertz CT molecular complexity index is 429. The maximum atomic E-state index is 11.5. The van der Waals surface area contributed by atoms with Gasteiger partial charge in [0.1, 0.15) is 12.0 Å². The Kier molecular flexibility index (Phi) is 6.02. The summed E-state index contributed by atoms with van der Waals surface area (Å²) in [6.45, 7) is 4.79. The molecule has 2 amide bonds. The van der Waals surface area contributed by atoms with Gasteiger partial charge in [-0.1, -0.05) is 19.0 Å². The zero-order valence-electron chi connectivity index (χ0n) is 11.8. The van der Waals surface area contributed by atoms with Crippen LogP contribution in [-0.2, 0) is 11.3 Å². The lowest BCUT2D eigenvalue weighted by Gasteiger charge is -2.23. The normalized spacial score (nSPS) is 11.1. The van der Waals surface area contributed by atoms with E-state index in [-0.39, 0.29) is 17.9 Å². The van der Waals surface area contributed by atoms with E-state index < -0.39 is 5.97 Å². The van der Waals surface area contributed by atoms with Gasteiger partial charge in [0.25, 0.3) is 0 Å². The minimum atomic E-state index is -0.795. The standard InChI is InChI=1S/C13H21N3O4/c1-13(2,5-3-11(17)18)6-7-14-12(19)15-9-10-4-8-20-16-10/h4,8H,3,5-7,9H2,1-2H3,(H,17,18)(H2,14,15,19). The average Bonchev–Trinajstić information content (AvgIpc) is 2.87. The van der Waals surface area contributed by atoms with E-state index in [4.69, 9.17) is 5.11 Å². The molecule has 0 aliphatic rings. The van der Waals surface area contributed by atoms with Gasteiger partial charge in [-0.25, -0.2) is 4.79 Å². The first-order valence-corrected chi connectivity index (χ1v) is 6.52. The van der Waals surface area contributed by atoms with Crippen molar-refractivity contribution < 1.29 is 19.2 Å². The smallest absolute Gasteiger partial charge is 0.315 e. The Morgan fingerprint density at radius 3 is 2.70 bits per heavy atom. The van der Waals surface area contributed by atoms with Gasteiger partial charge in [-0.05, 0) is 18.3 Å². The molecule has 3 N–H and O–H groups in total. The molecule has 0 aliphatic heterocycles. The third-order valence-electron chi connectivity index (χ3n) is 3.02. The fraction of sp³-hybridized carbons (Fsp3) is 0.615. The molecule has 1 rings (SSSR count). The number of amides is 2. The van der Waals surface area contributed by atoms with E-state index in [1.165, 1.54) is 6.26 Å². The second-order valence-corrected chi connectivity index (χ2v) is 5.41. The highest BCUT2D eigenvalue weighted by molar-refractivity contribution is 5.73. The summed E-state index contributed by atoms with van der Waals surface area (Å²) in [5.41, 5.74) is 0.541. The number of rotatable bonds is 8. The van der Waals surface area contributed by atoms with E-state index >= 15 is 0 Å². The SMILES string of the molecule is CC(C)(CCNC(=O)NCc1ccon1)CCC(=O)O. The van der Waals surface area contributed by atoms with Gasteiger partial charge in [-0.15, -0.1) is 0 Å². The van der Waals surface area contributed by atoms with Crippen LogP contribution in [0.4, 0.5) is 4.79 Å². The third-order valence-corrected chi connectivity index (χ3v) is 3.02. The van der Waals surface area contributed by atoms with E-state index in [2.05, 4.69) is 20.3 Å². The van der Waals surface area contributed by atoms with Gasteiger partial charge in [0.2, 0.25) is 0 Å². The summed E-state index contributed by atoms with van der Waals surface area (Å²) in [5, 5.41) is 17.7. The first kappa shape index (κ1) is 16.0. The van der Waals surface area contributed by atoms with Crippen molar-refractivity contribution in [2.24, 2.45) is 5.41 Å². The summed E-state index contributed by atoms with van der Waals surface area (Å²) in [6.07, 6.45) is 2.90. The minimum Gasteiger partial charge on any atom is -0.481 e. The van der Waals surface area contributed by atoms with Gasteiger partial charge < -0.3 is 20.3 Å². The fourth-order valence-electron chi connectivity index (χ4n) is 1.65. The molecule has 20 heavy (non-hydrogen) atoms. The Labute approximate surface area is 117 Å². The van der Waals surface area contributed by atoms with Crippen LogP contribution in [-0.4, -0.2) is 28.8 Å². The summed E-state index contributed by atoms with van der Waals surface area (Å²) in [7, 11) is 0. The van der Waals surface area contributed by atoms with Crippen molar-refractivity contribution in [2.45, 2.75) is 39.7 Å². The molecule has 1 heterocycles. The summed E-state index contributed by atoms with van der Waals surface area (Å²) >= 11 is 0. The molecule has 7 nitrogen and oxygen atoms in total. The zero-order valence-corrected chi connectivity index (χ0v) is 11.8. The molecule has 0 aliphatic carbocycles. The topological polar surface area (TPSA) is 104 Å². The number of carbonyl (C=O) groups excluding carboxylic acids is 1. The maximum Gasteiger partial charge on any atom is 0.315 e. The second kappa shape index (κ2) is 7.52. The number of nitrogens with one attached hydrogen (secondary N) is 2. The van der Waals surface area contributed by atoms with Crippen LogP contribution in [0.15, 0.2) is 16.9 Å². The summed E-state index contributed by atoms with van der Waals surface area (Å²) in [5.74, 6) is -0.795. The van der Waals surface area contributed by atoms with Gasteiger partial charge in [0.05, 0.1) is 6.54 Å². The van der Waals surface area contributed by atoms with Gasteiger partial charge in [-0.3, -0.25) is 4.79 Å². The highest BCUT2D eigenvalue weighted by Crippen LogP contribution is 2.25. The molecule has 0 aromatic carbocycles. The van der Waals surface area contributed by atoms with E-state index in [9.17, 15) is 9.59 Å². The van der Waals surface area contributed by atoms with Crippen molar-refractivity contribution in [2.75, 3.05) is 6.54 Å². The fourth-order valence-corrected chi connectivity index (χ4v) is 1.65. The highest BCUT2D eigenvalue weighted by atomic mass is 16.5. The largest absolute Gasteiger partial charge is 0.481 e. The molecule has 112 valence electrons. The van der Waals surface area contributed by atoms with Gasteiger partial charge in [0.15, 0.2) is 0 Å². The van der Waals surface area contributed by atoms with E-state index in [1.54, 1.807) is 6.07 Å². The maximum absolute atomic E-state index is 11.5. The molecule has 0 radical (unpaired) electrons. The lowest BCUT2D eigenvalue weighted by molar-refractivity contribution is -0.137. The van der Waals surface area contributed by atoms with Crippen LogP contribution < -0.4 is 10.6 Å². The van der Waals surface area contributed by atoms with Crippen molar-refractivity contribution in [3.8, 4) is 0 Å². The molecule has 1 aromatic heterocycles. The van der Waals surface area contributed by atoms with Gasteiger partial charge >= 0.3 is 12.0 Å². The van der Waals surface area contributed by atoms with Crippen molar-refractivity contribution in [1.29, 1.82) is 0 Å². The van der Waals surface area contributed by atoms with Gasteiger partial charge in [-0.2, -0.15) is 0 Å². The lowest BCUT2D eigenvalue weighted by atomic mass is 9.84. The number of carboxylic acids is 1. The van der Waals surface area contributed by atoms with E-state index in [0.717, 1.165) is 6.42 Å². The van der Waals surface area contributed by atoms with E-state index in [1.807, 2.05) is 13.8 Å². The molecule has 0 fully saturated rings. The Balaban J connectivity index is 2.15. The van der Waals surface area contributed by atoms with Crippen molar-refractivity contribution in [3.63, 3.8) is 0 Å². The second-order valence-electron chi connectivity index (χ2n) is 5.41. The number of hydrogen-bond acceptors (Lipinski definition) is 4. The predicted octanol–water partition coefficient (Wildman–Crippen LogP) is 1.75. The number of aromatic nitrogens is 1. The summed E-state index contributed by atoms with van der Waals surface area (Å²) in [6, 6.07) is 1.40. The van der Waals surface area contributed by atoms with Crippen LogP contribution in [0.25, 0.3) is 0 Å². The molecule has 7 heteroatoms. The van der Waals surface area contributed by atoms with Crippen LogP contribution >= 0.6 is 0 Å². The number of carboxylic acid groups (broad SMARTS) is 1. The molecule has 0 saturated carbocycles. The van der Waals surface area contributed by atoms with Crippen LogP contribution in [0.3, 0.4) is 0 Å². The first-order chi connectivity index (χ1) is 9.39. The van der Waals surface area contributed by atoms with Gasteiger partial charge in [0, 0.05) is 19.0 Å². The van der Waals surface area contributed by atoms with Crippen molar-refractivity contribution >= 4 is 12.0 Å². The number of nitrogens with zero attached hydrogens (tertiary/aromatic N) is 1. The Hall–Kier alpha value is -2.05. The molecule has 0 unspecified atom stereocenters. The number of aliphatic carboxylic acids is 1. The molecule has 0 spiro atoms. The minimum absolute atomic E-state index is 0.113. The predicted molar refractivity (Wildman–Crippen MR) is 72.0 cm³/mol. The zero-order chi connectivity index (χ0) is 15.0. The van der Waals surface area contributed by atoms with Crippen LogP contribution in [0.1, 0.15) is 38.8 Å². The summed E-state index contributed by atoms with van der Waals surface area (Å²) < 4.78 is 4.65. The third kappa shape index (κ3) is 6.77. The number of carbonyl (C=O) groups is 2. The first-order valence-electron chi connectivity index (χ1n) is 6.52. The molecule has 1 aromatic rings. The van der Waals surface area contributed by atoms with Crippen LogP contribution in [0, 0.1) is 5.41 Å². The monoisotopic (exact) mass is 283 g/mol. The van der Waals surface area contributed by atoms with Crippen LogP contribution in [0.5, 0.6) is 0 Å². The molecule has 0 atom stereocenters. The number of hydrogen-bond donors (Lipinski definition) is 3. The quantitative estimate of drug-likeness (QED) is 0.674. The summed E-state index contributed by atoms with van der Waals surface area (Å²) in [4.78, 5) is 22.0. The average molecular weight is 283 g/mol. The molecule has 0 bridgehead atoms. The van der Waals surface area contributed by atoms with E-state index in [0.29, 0.717) is 25.2 Å². The van der Waals surface area contributed by atoms with Crippen molar-refractivity contribution in [3.05, 3.63) is 18.0 Å². The Morgan fingerprint density at radius 2 is 2.10 bits per heavy atom. The molecular weight excluding hydrogens is 262 g/mol. The number of urea groups is 1. The molecule has 0 saturated heterocycles. The highest BCUT2D eigenvalue weighted by Gasteiger charge is 2.19. The lowest BCUT2D eigenvalue weighted by Crippen LogP contribution is -2.37.